The van der Waals surface area contributed by atoms with Crippen molar-refractivity contribution in [1.29, 1.82) is 0 Å². The lowest BCUT2D eigenvalue weighted by atomic mass is 10.1. The molecule has 0 spiro atoms. The number of anilines is 2. The molecule has 0 radical (unpaired) electrons. The number of amides is 2. The first-order valence-electron chi connectivity index (χ1n) is 9.03. The maximum atomic E-state index is 14.1. The van der Waals surface area contributed by atoms with Gasteiger partial charge in [-0.1, -0.05) is 25.1 Å². The first-order chi connectivity index (χ1) is 13.5. The average molecular weight is 378 g/mol. The summed E-state index contributed by atoms with van der Waals surface area (Å²) >= 11 is 0. The maximum absolute atomic E-state index is 14.1. The summed E-state index contributed by atoms with van der Waals surface area (Å²) in [5, 5.41) is 12.2. The maximum Gasteiger partial charge on any atom is 0.255 e. The van der Waals surface area contributed by atoms with E-state index >= 15 is 0 Å². The van der Waals surface area contributed by atoms with Gasteiger partial charge in [-0.05, 0) is 42.7 Å². The minimum absolute atomic E-state index is 0.0262. The first-order valence-corrected chi connectivity index (χ1v) is 9.03. The first kappa shape index (κ1) is 17.9. The topological polar surface area (TPSA) is 86.9 Å². The molecule has 1 fully saturated rings. The third kappa shape index (κ3) is 3.64. The molecule has 2 amide bonds. The number of carbonyl (C=O) groups is 2. The number of aromatic nitrogens is 2. The molecule has 1 heterocycles. The zero-order valence-corrected chi connectivity index (χ0v) is 15.2. The summed E-state index contributed by atoms with van der Waals surface area (Å²) in [4.78, 5) is 24.8. The van der Waals surface area contributed by atoms with E-state index in [1.165, 1.54) is 12.3 Å². The van der Waals surface area contributed by atoms with Crippen molar-refractivity contribution >= 4 is 23.2 Å². The largest absolute Gasteiger partial charge is 0.326 e. The van der Waals surface area contributed by atoms with E-state index in [1.54, 1.807) is 42.5 Å². The quantitative estimate of drug-likeness (QED) is 0.626. The highest BCUT2D eigenvalue weighted by Crippen LogP contribution is 2.38. The molecule has 2 aromatic carbocycles. The lowest BCUT2D eigenvalue weighted by molar-refractivity contribution is -0.117. The standard InChI is InChI=1S/C21H19FN4O2/c1-12-9-16(12)21(28)24-14-6-4-5-13(10-14)20(27)25-18-11-23-26-19(18)15-7-2-3-8-17(15)22/h2-8,10-12,16H,9H2,1H3,(H,23,26)(H,24,28)(H,25,27). The molecule has 6 nitrogen and oxygen atoms in total. The number of hydrogen-bond acceptors (Lipinski definition) is 3. The van der Waals surface area contributed by atoms with Crippen LogP contribution in [0.5, 0.6) is 0 Å². The molecule has 1 aromatic heterocycles. The van der Waals surface area contributed by atoms with E-state index in [4.69, 9.17) is 0 Å². The highest BCUT2D eigenvalue weighted by Gasteiger charge is 2.39. The van der Waals surface area contributed by atoms with Crippen molar-refractivity contribution in [2.75, 3.05) is 10.6 Å². The van der Waals surface area contributed by atoms with Gasteiger partial charge in [-0.15, -0.1) is 0 Å². The minimum Gasteiger partial charge on any atom is -0.326 e. The monoisotopic (exact) mass is 378 g/mol. The number of nitrogens with one attached hydrogen (secondary N) is 3. The van der Waals surface area contributed by atoms with E-state index in [-0.39, 0.29) is 17.7 Å². The van der Waals surface area contributed by atoms with E-state index in [1.807, 2.05) is 6.92 Å². The van der Waals surface area contributed by atoms with E-state index in [9.17, 15) is 14.0 Å². The van der Waals surface area contributed by atoms with Crippen LogP contribution in [0.25, 0.3) is 11.3 Å². The SMILES string of the molecule is CC1CC1C(=O)Nc1cccc(C(=O)Nc2cn[nH]c2-c2ccccc2F)c1. The molecule has 142 valence electrons. The third-order valence-electron chi connectivity index (χ3n) is 4.87. The molecule has 4 rings (SSSR count). The summed E-state index contributed by atoms with van der Waals surface area (Å²) in [6.07, 6.45) is 2.32. The van der Waals surface area contributed by atoms with Crippen molar-refractivity contribution in [2.24, 2.45) is 11.8 Å². The van der Waals surface area contributed by atoms with Crippen molar-refractivity contribution in [3.8, 4) is 11.3 Å². The summed E-state index contributed by atoms with van der Waals surface area (Å²) in [6.45, 7) is 2.03. The Morgan fingerprint density at radius 3 is 2.68 bits per heavy atom. The van der Waals surface area contributed by atoms with Crippen LogP contribution in [0.1, 0.15) is 23.7 Å². The number of aromatic amines is 1. The Labute approximate surface area is 161 Å². The smallest absolute Gasteiger partial charge is 0.255 e. The fourth-order valence-corrected chi connectivity index (χ4v) is 3.11. The van der Waals surface area contributed by atoms with Crippen molar-refractivity contribution in [3.63, 3.8) is 0 Å². The van der Waals surface area contributed by atoms with E-state index < -0.39 is 5.82 Å². The number of nitrogens with zero attached hydrogens (tertiary/aromatic N) is 1. The van der Waals surface area contributed by atoms with E-state index in [0.29, 0.717) is 34.1 Å². The van der Waals surface area contributed by atoms with Gasteiger partial charge in [-0.25, -0.2) is 4.39 Å². The summed E-state index contributed by atoms with van der Waals surface area (Å²) in [5.41, 5.74) is 2.02. The molecule has 0 aliphatic heterocycles. The van der Waals surface area contributed by atoms with Gasteiger partial charge in [-0.3, -0.25) is 14.7 Å². The summed E-state index contributed by atoms with van der Waals surface area (Å²) in [7, 11) is 0. The van der Waals surface area contributed by atoms with Crippen LogP contribution in [0.4, 0.5) is 15.8 Å². The molecular weight excluding hydrogens is 359 g/mol. The molecule has 2 atom stereocenters. The molecule has 0 saturated heterocycles. The van der Waals surface area contributed by atoms with Gasteiger partial charge in [0, 0.05) is 22.7 Å². The second-order valence-electron chi connectivity index (χ2n) is 6.98. The third-order valence-corrected chi connectivity index (χ3v) is 4.87. The van der Waals surface area contributed by atoms with Gasteiger partial charge in [0.15, 0.2) is 0 Å². The fraction of sp³-hybridized carbons (Fsp3) is 0.190. The second-order valence-corrected chi connectivity index (χ2v) is 6.98. The van der Waals surface area contributed by atoms with Crippen LogP contribution < -0.4 is 10.6 Å². The van der Waals surface area contributed by atoms with Crippen LogP contribution in [-0.4, -0.2) is 22.0 Å². The number of rotatable bonds is 5. The predicted octanol–water partition coefficient (Wildman–Crippen LogP) is 4.06. The summed E-state index contributed by atoms with van der Waals surface area (Å²) in [6, 6.07) is 12.9. The predicted molar refractivity (Wildman–Crippen MR) is 104 cm³/mol. The number of carbonyl (C=O) groups excluding carboxylic acids is 2. The Morgan fingerprint density at radius 2 is 1.93 bits per heavy atom. The highest BCUT2D eigenvalue weighted by atomic mass is 19.1. The van der Waals surface area contributed by atoms with Gasteiger partial charge >= 0.3 is 0 Å². The van der Waals surface area contributed by atoms with Gasteiger partial charge in [-0.2, -0.15) is 5.10 Å². The molecular formula is C21H19FN4O2. The molecule has 2 unspecified atom stereocenters. The van der Waals surface area contributed by atoms with Crippen LogP contribution in [0, 0.1) is 17.7 Å². The van der Waals surface area contributed by atoms with Crippen LogP contribution >= 0.6 is 0 Å². The Morgan fingerprint density at radius 1 is 1.14 bits per heavy atom. The van der Waals surface area contributed by atoms with Crippen LogP contribution in [0.15, 0.2) is 54.7 Å². The number of hydrogen-bond donors (Lipinski definition) is 3. The summed E-state index contributed by atoms with van der Waals surface area (Å²) < 4.78 is 14.1. The van der Waals surface area contributed by atoms with E-state index in [0.717, 1.165) is 6.42 Å². The van der Waals surface area contributed by atoms with Gasteiger partial charge in [0.2, 0.25) is 5.91 Å². The van der Waals surface area contributed by atoms with Crippen molar-refractivity contribution in [1.82, 2.24) is 10.2 Å². The lowest BCUT2D eigenvalue weighted by Crippen LogP contribution is -2.16. The molecule has 1 saturated carbocycles. The highest BCUT2D eigenvalue weighted by molar-refractivity contribution is 6.07. The average Bonchev–Trinajstić information content (AvgIpc) is 3.25. The fourth-order valence-electron chi connectivity index (χ4n) is 3.11. The Hall–Kier alpha value is -3.48. The van der Waals surface area contributed by atoms with Crippen molar-refractivity contribution in [2.45, 2.75) is 13.3 Å². The molecule has 1 aliphatic rings. The molecule has 1 aliphatic carbocycles. The molecule has 28 heavy (non-hydrogen) atoms. The van der Waals surface area contributed by atoms with Gasteiger partial charge in [0.05, 0.1) is 17.6 Å². The molecule has 7 heteroatoms. The number of halogens is 1. The Balaban J connectivity index is 1.51. The van der Waals surface area contributed by atoms with Crippen molar-refractivity contribution < 1.29 is 14.0 Å². The van der Waals surface area contributed by atoms with Gasteiger partial charge in [0.25, 0.3) is 5.91 Å². The lowest BCUT2D eigenvalue weighted by Gasteiger charge is -2.09. The van der Waals surface area contributed by atoms with Crippen molar-refractivity contribution in [3.05, 3.63) is 66.1 Å². The number of H-pyrrole nitrogens is 1. The number of benzene rings is 2. The minimum atomic E-state index is -0.415. The zero-order chi connectivity index (χ0) is 19.7. The van der Waals surface area contributed by atoms with Gasteiger partial charge < -0.3 is 10.6 Å². The molecule has 0 bridgehead atoms. The molecule has 3 N–H and O–H groups in total. The van der Waals surface area contributed by atoms with Gasteiger partial charge in [0.1, 0.15) is 5.82 Å². The van der Waals surface area contributed by atoms with Crippen LogP contribution in [-0.2, 0) is 4.79 Å². The molecule has 3 aromatic rings. The second kappa shape index (κ2) is 7.26. The van der Waals surface area contributed by atoms with Crippen LogP contribution in [0.3, 0.4) is 0 Å². The Bertz CT molecular complexity index is 1050. The zero-order valence-electron chi connectivity index (χ0n) is 15.2. The normalized spacial score (nSPS) is 17.8. The summed E-state index contributed by atoms with van der Waals surface area (Å²) in [5.74, 6) is -0.367. The van der Waals surface area contributed by atoms with E-state index in [2.05, 4.69) is 20.8 Å². The Kier molecular flexibility index (Phi) is 4.65. The van der Waals surface area contributed by atoms with Crippen LogP contribution in [0.2, 0.25) is 0 Å².